The van der Waals surface area contributed by atoms with Crippen molar-refractivity contribution in [1.82, 2.24) is 14.6 Å². The predicted molar refractivity (Wildman–Crippen MR) is 155 cm³/mol. The predicted octanol–water partition coefficient (Wildman–Crippen LogP) is 6.09. The van der Waals surface area contributed by atoms with E-state index in [0.29, 0.717) is 59.8 Å². The zero-order valence-corrected chi connectivity index (χ0v) is 24.8. The second-order valence-corrected chi connectivity index (χ2v) is 14.1. The van der Waals surface area contributed by atoms with Gasteiger partial charge < -0.3 is 14.3 Å². The van der Waals surface area contributed by atoms with E-state index in [1.165, 1.54) is 4.31 Å². The van der Waals surface area contributed by atoms with Crippen LogP contribution in [0.2, 0.25) is 0 Å². The van der Waals surface area contributed by atoms with Gasteiger partial charge >= 0.3 is 0 Å². The molecule has 0 saturated heterocycles. The molecule has 2 heterocycles. The van der Waals surface area contributed by atoms with Gasteiger partial charge in [0.1, 0.15) is 5.76 Å². The number of hydrogen-bond acceptors (Lipinski definition) is 6. The standard InChI is InChI=1S/C28H38N3O6PS/c1-5-38(4,33)36-16-8-6-7-15-31(39(34)35)18-24-22(20-13-14-20)17-23-25(27(32)29-3)26(37-28(23)30-24)21-11-9-19(2)10-12-21/h9-12,17,20H,5-8,13-16,18H2,1-4H3,(H,29,32)(H,34,35). The maximum atomic E-state index is 13.0. The third-order valence-corrected chi connectivity index (χ3v) is 9.75. The molecule has 2 unspecified atom stereocenters. The number of carbonyl (C=O) groups excluding carboxylic acids is 1. The molecule has 2 atom stereocenters. The van der Waals surface area contributed by atoms with Crippen molar-refractivity contribution in [2.45, 2.75) is 58.4 Å². The summed E-state index contributed by atoms with van der Waals surface area (Å²) in [4.78, 5) is 17.8. The number of nitrogens with one attached hydrogen (secondary N) is 1. The number of aromatic nitrogens is 1. The Kier molecular flexibility index (Phi) is 9.78. The first-order valence-electron chi connectivity index (χ1n) is 13.5. The van der Waals surface area contributed by atoms with Crippen molar-refractivity contribution in [3.63, 3.8) is 0 Å². The number of fused-ring (bicyclic) bond motifs is 1. The molecule has 3 aromatic rings. The Hall–Kier alpha value is -2.36. The van der Waals surface area contributed by atoms with Crippen LogP contribution in [0.3, 0.4) is 0 Å². The molecule has 1 amide bonds. The molecule has 1 fully saturated rings. The molecule has 1 saturated carbocycles. The number of carbonyl (C=O) groups is 1. The lowest BCUT2D eigenvalue weighted by Gasteiger charge is -2.19. The van der Waals surface area contributed by atoms with Crippen molar-refractivity contribution in [3.05, 3.63) is 52.7 Å². The zero-order valence-electron chi connectivity index (χ0n) is 23.1. The highest BCUT2D eigenvalue weighted by Gasteiger charge is 2.31. The summed E-state index contributed by atoms with van der Waals surface area (Å²) < 4.78 is 47.4. The van der Waals surface area contributed by atoms with E-state index in [-0.39, 0.29) is 12.5 Å². The van der Waals surface area contributed by atoms with E-state index in [1.807, 2.05) is 44.2 Å². The number of rotatable bonds is 14. The van der Waals surface area contributed by atoms with Crippen molar-refractivity contribution < 1.29 is 27.1 Å². The van der Waals surface area contributed by atoms with Crippen LogP contribution in [-0.2, 0) is 26.9 Å². The van der Waals surface area contributed by atoms with Crippen LogP contribution in [0.15, 0.2) is 34.7 Å². The van der Waals surface area contributed by atoms with Crippen molar-refractivity contribution >= 4 is 35.6 Å². The number of unbranched alkanes of at least 4 members (excludes halogenated alkanes) is 2. The summed E-state index contributed by atoms with van der Waals surface area (Å²) >= 11 is -2.18. The molecule has 212 valence electrons. The first-order valence-corrected chi connectivity index (χ1v) is 16.8. The molecule has 1 aliphatic rings. The number of pyridine rings is 1. The highest BCUT2D eigenvalue weighted by Crippen LogP contribution is 2.44. The fourth-order valence-corrected chi connectivity index (χ4v) is 5.72. The normalized spacial score (nSPS) is 15.9. The van der Waals surface area contributed by atoms with Crippen LogP contribution in [0.1, 0.15) is 72.1 Å². The third kappa shape index (κ3) is 7.44. The SMILES string of the molecule is CCP(C)(=O)OCCCCCN(Cc1nc2oc(-c3ccc(C)cc3)c(C(=O)NC)c2cc1C1CC1)S(=O)O. The molecule has 11 heteroatoms. The molecule has 0 aliphatic heterocycles. The van der Waals surface area contributed by atoms with E-state index in [9.17, 15) is 18.1 Å². The Balaban J connectivity index is 1.58. The van der Waals surface area contributed by atoms with Crippen molar-refractivity contribution in [3.8, 4) is 11.3 Å². The molecule has 0 bridgehead atoms. The topological polar surface area (TPSA) is 122 Å². The maximum absolute atomic E-state index is 13.0. The fourth-order valence-electron chi connectivity index (χ4n) is 4.50. The lowest BCUT2D eigenvalue weighted by molar-refractivity contribution is 0.0964. The monoisotopic (exact) mass is 575 g/mol. The highest BCUT2D eigenvalue weighted by atomic mass is 32.2. The Morgan fingerprint density at radius 1 is 1.26 bits per heavy atom. The number of benzene rings is 1. The van der Waals surface area contributed by atoms with Gasteiger partial charge in [0.25, 0.3) is 5.91 Å². The molecule has 2 aromatic heterocycles. The second kappa shape index (κ2) is 12.9. The second-order valence-electron chi connectivity index (χ2n) is 10.2. The number of amides is 1. The van der Waals surface area contributed by atoms with E-state index in [4.69, 9.17) is 13.9 Å². The van der Waals surface area contributed by atoms with E-state index >= 15 is 0 Å². The van der Waals surface area contributed by atoms with E-state index in [2.05, 4.69) is 5.32 Å². The minimum Gasteiger partial charge on any atom is -0.437 e. The number of aryl methyl sites for hydroxylation is 1. The van der Waals surface area contributed by atoms with Crippen LogP contribution < -0.4 is 5.32 Å². The molecular weight excluding hydrogens is 537 g/mol. The largest absolute Gasteiger partial charge is 0.437 e. The van der Waals surface area contributed by atoms with Gasteiger partial charge in [-0.25, -0.2) is 9.19 Å². The lowest BCUT2D eigenvalue weighted by Crippen LogP contribution is -2.27. The summed E-state index contributed by atoms with van der Waals surface area (Å²) in [6.45, 7) is 6.51. The summed E-state index contributed by atoms with van der Waals surface area (Å²) in [5.41, 5.74) is 4.35. The van der Waals surface area contributed by atoms with Crippen molar-refractivity contribution in [1.29, 1.82) is 0 Å². The zero-order chi connectivity index (χ0) is 28.2. The summed E-state index contributed by atoms with van der Waals surface area (Å²) in [5, 5.41) is 3.37. The van der Waals surface area contributed by atoms with Gasteiger partial charge in [-0.2, -0.15) is 4.31 Å². The summed E-state index contributed by atoms with van der Waals surface area (Å²) in [5.74, 6) is 0.517. The Bertz CT molecular complexity index is 1390. The van der Waals surface area contributed by atoms with Crippen LogP contribution in [0.4, 0.5) is 0 Å². The third-order valence-electron chi connectivity index (χ3n) is 7.12. The van der Waals surface area contributed by atoms with Gasteiger partial charge in [0, 0.05) is 32.0 Å². The van der Waals surface area contributed by atoms with Gasteiger partial charge in [-0.05, 0) is 56.6 Å². The minimum atomic E-state index is -2.51. The summed E-state index contributed by atoms with van der Waals surface area (Å²) in [6.07, 6.45) is 4.75. The molecule has 9 nitrogen and oxygen atoms in total. The van der Waals surface area contributed by atoms with Gasteiger partial charge in [0.15, 0.2) is 7.37 Å². The van der Waals surface area contributed by atoms with E-state index in [0.717, 1.165) is 42.4 Å². The molecule has 4 rings (SSSR count). The number of nitrogens with zero attached hydrogens (tertiary/aromatic N) is 2. The van der Waals surface area contributed by atoms with Crippen molar-refractivity contribution in [2.75, 3.05) is 33.0 Å². The first-order chi connectivity index (χ1) is 18.6. The van der Waals surface area contributed by atoms with E-state index in [1.54, 1.807) is 13.7 Å². The van der Waals surface area contributed by atoms with Gasteiger partial charge in [-0.3, -0.25) is 13.9 Å². The minimum absolute atomic E-state index is 0.192. The quantitative estimate of drug-likeness (QED) is 0.135. The average molecular weight is 576 g/mol. The summed E-state index contributed by atoms with van der Waals surface area (Å²) in [7, 11) is -0.914. The van der Waals surface area contributed by atoms with Crippen molar-refractivity contribution in [2.24, 2.45) is 0 Å². The van der Waals surface area contributed by atoms with E-state index < -0.39 is 18.6 Å². The molecular formula is C28H38N3O6PS. The number of furan rings is 1. The molecule has 0 radical (unpaired) electrons. The smallest absolute Gasteiger partial charge is 0.255 e. The number of hydrogen-bond donors (Lipinski definition) is 2. The van der Waals surface area contributed by atoms with Gasteiger partial charge in [0.05, 0.1) is 29.8 Å². The molecule has 1 aliphatic carbocycles. The van der Waals surface area contributed by atoms with Crippen LogP contribution in [0, 0.1) is 6.92 Å². The van der Waals surface area contributed by atoms with Gasteiger partial charge in [-0.15, -0.1) is 0 Å². The fraction of sp³-hybridized carbons (Fsp3) is 0.500. The molecule has 39 heavy (non-hydrogen) atoms. The average Bonchev–Trinajstić information content (AvgIpc) is 3.69. The Labute approximate surface area is 232 Å². The first kappa shape index (κ1) is 29.6. The summed E-state index contributed by atoms with van der Waals surface area (Å²) in [6, 6.07) is 9.76. The van der Waals surface area contributed by atoms with Crippen LogP contribution in [0.5, 0.6) is 0 Å². The molecule has 1 aromatic carbocycles. The maximum Gasteiger partial charge on any atom is 0.255 e. The van der Waals surface area contributed by atoms with Gasteiger partial charge in [0.2, 0.25) is 17.0 Å². The van der Waals surface area contributed by atoms with Crippen LogP contribution in [0.25, 0.3) is 22.4 Å². The Morgan fingerprint density at radius 3 is 2.59 bits per heavy atom. The van der Waals surface area contributed by atoms with Crippen LogP contribution in [-0.4, -0.2) is 57.0 Å². The highest BCUT2D eigenvalue weighted by molar-refractivity contribution is 7.76. The molecule has 2 N–H and O–H groups in total. The lowest BCUT2D eigenvalue weighted by atomic mass is 10.0. The Morgan fingerprint density at radius 2 is 1.97 bits per heavy atom. The van der Waals surface area contributed by atoms with Gasteiger partial charge in [-0.1, -0.05) is 36.8 Å². The molecule has 0 spiro atoms. The van der Waals surface area contributed by atoms with Crippen LogP contribution >= 0.6 is 7.37 Å².